The fourth-order valence-electron chi connectivity index (χ4n) is 2.97. The molecule has 0 saturated heterocycles. The third kappa shape index (κ3) is 3.28. The first-order valence-electron chi connectivity index (χ1n) is 8.55. The van der Waals surface area contributed by atoms with Gasteiger partial charge in [-0.1, -0.05) is 6.07 Å². The van der Waals surface area contributed by atoms with Gasteiger partial charge >= 0.3 is 6.03 Å². The molecule has 4 bridgehead atoms. The number of fused-ring (bicyclic) bond motifs is 3. The Kier molecular flexibility index (Phi) is 4.36. The number of amides is 1. The molecule has 27 heavy (non-hydrogen) atoms. The maximum Gasteiger partial charge on any atom is 0.328 e. The van der Waals surface area contributed by atoms with E-state index in [1.54, 1.807) is 25.2 Å². The minimum absolute atomic E-state index is 0.220. The van der Waals surface area contributed by atoms with Crippen LogP contribution in [0.4, 0.5) is 26.4 Å². The van der Waals surface area contributed by atoms with Crippen LogP contribution >= 0.6 is 0 Å². The summed E-state index contributed by atoms with van der Waals surface area (Å²) < 4.78 is 21.2. The Labute approximate surface area is 154 Å². The number of halogens is 1. The van der Waals surface area contributed by atoms with Crippen LogP contribution in [-0.2, 0) is 11.3 Å². The van der Waals surface area contributed by atoms with Crippen molar-refractivity contribution in [1.29, 1.82) is 0 Å². The van der Waals surface area contributed by atoms with E-state index in [0.717, 1.165) is 5.56 Å². The number of hydrogen-bond acceptors (Lipinski definition) is 6. The fourth-order valence-corrected chi connectivity index (χ4v) is 2.97. The van der Waals surface area contributed by atoms with Gasteiger partial charge in [-0.2, -0.15) is 0 Å². The molecule has 1 atom stereocenters. The number of carbonyl (C=O) groups is 1. The molecule has 0 aliphatic carbocycles. The maximum absolute atomic E-state index is 14.3. The average molecular weight is 370 g/mol. The maximum atomic E-state index is 14.3. The summed E-state index contributed by atoms with van der Waals surface area (Å²) in [5.41, 5.74) is 2.68. The molecule has 1 aliphatic heterocycles. The van der Waals surface area contributed by atoms with Gasteiger partial charge in [-0.3, -0.25) is 0 Å². The fraction of sp³-hybridized carbons (Fsp3) is 0.278. The van der Waals surface area contributed by atoms with Crippen LogP contribution in [0, 0.1) is 5.82 Å². The molecule has 0 saturated carbocycles. The summed E-state index contributed by atoms with van der Waals surface area (Å²) in [6.07, 6.45) is 1.41. The lowest BCUT2D eigenvalue weighted by atomic mass is 10.2. The third-order valence-corrected chi connectivity index (χ3v) is 4.29. The molecule has 1 aliphatic rings. The van der Waals surface area contributed by atoms with E-state index in [1.807, 2.05) is 6.92 Å². The zero-order chi connectivity index (χ0) is 19.0. The molecule has 3 N–H and O–H groups in total. The molecule has 2 aromatic heterocycles. The van der Waals surface area contributed by atoms with Gasteiger partial charge in [-0.05, 0) is 24.6 Å². The number of aromatic nitrogens is 3. The van der Waals surface area contributed by atoms with E-state index in [-0.39, 0.29) is 17.8 Å². The summed E-state index contributed by atoms with van der Waals surface area (Å²) in [4.78, 5) is 21.4. The number of rotatable bonds is 1. The number of imidazole rings is 1. The number of nitrogens with zero attached hydrogens (tertiary/aromatic N) is 3. The molecule has 0 unspecified atom stereocenters. The second-order valence-corrected chi connectivity index (χ2v) is 6.40. The molecule has 4 rings (SSSR count). The molecule has 8 nitrogen and oxygen atoms in total. The Morgan fingerprint density at radius 2 is 2.22 bits per heavy atom. The van der Waals surface area contributed by atoms with Crippen LogP contribution in [0.1, 0.15) is 12.5 Å². The van der Waals surface area contributed by atoms with Gasteiger partial charge < -0.3 is 20.7 Å². The van der Waals surface area contributed by atoms with Gasteiger partial charge in [0.15, 0.2) is 5.65 Å². The Hall–Kier alpha value is -3.20. The minimum Gasteiger partial charge on any atom is -0.386 e. The predicted molar refractivity (Wildman–Crippen MR) is 99.8 cm³/mol. The van der Waals surface area contributed by atoms with Crippen LogP contribution in [-0.4, -0.2) is 40.3 Å². The van der Waals surface area contributed by atoms with Crippen molar-refractivity contribution in [2.24, 2.45) is 0 Å². The van der Waals surface area contributed by atoms with E-state index in [1.165, 1.54) is 17.0 Å². The highest BCUT2D eigenvalue weighted by atomic mass is 19.1. The number of hydrogen-bond donors (Lipinski definition) is 3. The first-order valence-corrected chi connectivity index (χ1v) is 8.55. The van der Waals surface area contributed by atoms with Crippen molar-refractivity contribution in [2.45, 2.75) is 19.6 Å². The van der Waals surface area contributed by atoms with Crippen LogP contribution in [0.15, 0.2) is 30.6 Å². The Morgan fingerprint density at radius 1 is 1.37 bits per heavy atom. The zero-order valence-electron chi connectivity index (χ0n) is 14.9. The summed E-state index contributed by atoms with van der Waals surface area (Å²) in [5, 5.41) is 8.88. The highest BCUT2D eigenvalue weighted by Crippen LogP contribution is 2.27. The first kappa shape index (κ1) is 17.2. The van der Waals surface area contributed by atoms with Gasteiger partial charge in [0.2, 0.25) is 0 Å². The lowest BCUT2D eigenvalue weighted by Gasteiger charge is -2.16. The average Bonchev–Trinajstić information content (AvgIpc) is 3.07. The Balaban J connectivity index is 1.88. The van der Waals surface area contributed by atoms with Crippen LogP contribution in [0.25, 0.3) is 11.2 Å². The molecule has 0 fully saturated rings. The Morgan fingerprint density at radius 3 is 3.04 bits per heavy atom. The van der Waals surface area contributed by atoms with Crippen LogP contribution in [0.5, 0.6) is 0 Å². The molecule has 3 aromatic rings. The predicted octanol–water partition coefficient (Wildman–Crippen LogP) is 2.83. The van der Waals surface area contributed by atoms with Gasteiger partial charge in [-0.25, -0.2) is 23.7 Å². The smallest absolute Gasteiger partial charge is 0.328 e. The normalized spacial score (nSPS) is 17.3. The van der Waals surface area contributed by atoms with Gasteiger partial charge in [0.1, 0.15) is 23.5 Å². The van der Waals surface area contributed by atoms with E-state index < -0.39 is 5.82 Å². The van der Waals surface area contributed by atoms with Gasteiger partial charge in [0.05, 0.1) is 30.6 Å². The van der Waals surface area contributed by atoms with E-state index in [9.17, 15) is 9.18 Å². The topological polar surface area (TPSA) is 93.1 Å². The van der Waals surface area contributed by atoms with Gasteiger partial charge in [-0.15, -0.1) is 0 Å². The number of ether oxygens (including phenoxy) is 1. The van der Waals surface area contributed by atoms with E-state index >= 15 is 0 Å². The lowest BCUT2D eigenvalue weighted by molar-refractivity contribution is 0.104. The van der Waals surface area contributed by atoms with Crippen molar-refractivity contribution in [1.82, 2.24) is 19.9 Å². The molecule has 0 radical (unpaired) electrons. The highest BCUT2D eigenvalue weighted by molar-refractivity contribution is 5.94. The van der Waals surface area contributed by atoms with Crippen LogP contribution in [0.3, 0.4) is 0 Å². The summed E-state index contributed by atoms with van der Waals surface area (Å²) in [5.74, 6) is -0.0122. The molecule has 9 heteroatoms. The molecular formula is C18H19FN6O2. The SMILES string of the molecule is CNc1cc2nc3c1ncn3C(=O)N[C@H](C)COCc1ccc(F)c(c1)N2. The van der Waals surface area contributed by atoms with Crippen molar-refractivity contribution in [3.8, 4) is 0 Å². The van der Waals surface area contributed by atoms with Crippen molar-refractivity contribution in [3.05, 3.63) is 42.0 Å². The number of nitrogens with one attached hydrogen (secondary N) is 3. The number of carbonyl (C=O) groups excluding carboxylic acids is 1. The van der Waals surface area contributed by atoms with Gasteiger partial charge in [0, 0.05) is 13.1 Å². The standard InChI is InChI=1S/C18H19FN6O2/c1-10-7-27-8-11-3-4-12(19)13(5-11)23-15-6-14(20-2)16-17(24-15)25(9-21-16)18(26)22-10/h3-6,9-10H,7-8H2,1-2H3,(H,22,26)(H2,20,23,24)/t10-/m1/s1. The van der Waals surface area contributed by atoms with Gasteiger partial charge in [0.25, 0.3) is 0 Å². The number of anilines is 3. The van der Waals surface area contributed by atoms with Crippen LogP contribution in [0.2, 0.25) is 0 Å². The summed E-state index contributed by atoms with van der Waals surface area (Å²) >= 11 is 0. The zero-order valence-corrected chi connectivity index (χ0v) is 14.9. The number of pyridine rings is 1. The first-order chi connectivity index (χ1) is 13.0. The molecular weight excluding hydrogens is 351 g/mol. The Bertz CT molecular complexity index is 1020. The molecule has 1 aromatic carbocycles. The van der Waals surface area contributed by atoms with E-state index in [2.05, 4.69) is 25.9 Å². The summed E-state index contributed by atoms with van der Waals surface area (Å²) in [7, 11) is 1.75. The third-order valence-electron chi connectivity index (χ3n) is 4.29. The quantitative estimate of drug-likeness (QED) is 0.610. The highest BCUT2D eigenvalue weighted by Gasteiger charge is 2.18. The number of benzene rings is 1. The van der Waals surface area contributed by atoms with E-state index in [4.69, 9.17) is 4.74 Å². The summed E-state index contributed by atoms with van der Waals surface area (Å²) in [6.45, 7) is 2.47. The largest absolute Gasteiger partial charge is 0.386 e. The second kappa shape index (κ2) is 6.84. The molecule has 3 heterocycles. The van der Waals surface area contributed by atoms with Crippen molar-refractivity contribution in [3.63, 3.8) is 0 Å². The van der Waals surface area contributed by atoms with E-state index in [0.29, 0.717) is 35.9 Å². The second-order valence-electron chi connectivity index (χ2n) is 6.40. The lowest BCUT2D eigenvalue weighted by Crippen LogP contribution is -2.38. The molecule has 140 valence electrons. The van der Waals surface area contributed by atoms with Crippen LogP contribution < -0.4 is 16.0 Å². The van der Waals surface area contributed by atoms with Crippen molar-refractivity contribution < 1.29 is 13.9 Å². The van der Waals surface area contributed by atoms with Crippen molar-refractivity contribution in [2.75, 3.05) is 24.3 Å². The monoisotopic (exact) mass is 370 g/mol. The molecule has 0 spiro atoms. The summed E-state index contributed by atoms with van der Waals surface area (Å²) in [6, 6.07) is 5.88. The minimum atomic E-state index is -0.404. The molecule has 1 amide bonds. The van der Waals surface area contributed by atoms with Crippen molar-refractivity contribution >= 4 is 34.4 Å².